The average Bonchev–Trinajstić information content (AvgIpc) is 2.46. The second kappa shape index (κ2) is 5.80. The van der Waals surface area contributed by atoms with Crippen molar-refractivity contribution in [3.05, 3.63) is 59.2 Å². The summed E-state index contributed by atoms with van der Waals surface area (Å²) in [6, 6.07) is 6.16. The fourth-order valence-electron chi connectivity index (χ4n) is 2.02. The summed E-state index contributed by atoms with van der Waals surface area (Å²) in [7, 11) is 1.48. The van der Waals surface area contributed by atoms with Crippen molar-refractivity contribution >= 4 is 0 Å². The lowest BCUT2D eigenvalue weighted by molar-refractivity contribution is 0.213. The van der Waals surface area contributed by atoms with Gasteiger partial charge in [-0.3, -0.25) is 4.98 Å². The zero-order valence-corrected chi connectivity index (χ0v) is 10.9. The number of methoxy groups -OCH3 is 1. The topological polar surface area (TPSA) is 42.4 Å². The largest absolute Gasteiger partial charge is 0.497 e. The number of aliphatic hydroxyl groups is 1. The van der Waals surface area contributed by atoms with Crippen LogP contribution < -0.4 is 4.74 Å². The molecule has 100 valence electrons. The molecule has 1 N–H and O–H groups in total. The zero-order valence-electron chi connectivity index (χ0n) is 10.9. The highest BCUT2D eigenvalue weighted by atomic mass is 19.1. The summed E-state index contributed by atoms with van der Waals surface area (Å²) in [5, 5.41) is 10.3. The molecule has 0 aliphatic rings. The first-order valence-corrected chi connectivity index (χ1v) is 6.11. The number of aliphatic hydroxyl groups excluding tert-OH is 1. The number of hydrogen-bond acceptors (Lipinski definition) is 3. The molecular formula is C15H16FNO2. The van der Waals surface area contributed by atoms with E-state index in [1.165, 1.54) is 13.2 Å². The standard InChI is InChI=1S/C15H16FNO2/c1-3-10-9-17-7-6-12(10)15(18)13-5-4-11(19-2)8-14(13)16/h4-9,15,18H,3H2,1-2H3. The number of pyridine rings is 1. The number of aromatic nitrogens is 1. The SMILES string of the molecule is CCc1cnccc1C(O)c1ccc(OC)cc1F. The van der Waals surface area contributed by atoms with E-state index in [2.05, 4.69) is 4.98 Å². The molecule has 0 saturated heterocycles. The molecular weight excluding hydrogens is 245 g/mol. The normalized spacial score (nSPS) is 12.2. The summed E-state index contributed by atoms with van der Waals surface area (Å²) in [5.74, 6) is -0.0513. The molecule has 0 amide bonds. The minimum Gasteiger partial charge on any atom is -0.497 e. The molecule has 1 atom stereocenters. The van der Waals surface area contributed by atoms with Gasteiger partial charge >= 0.3 is 0 Å². The Balaban J connectivity index is 2.41. The van der Waals surface area contributed by atoms with Crippen molar-refractivity contribution in [3.63, 3.8) is 0 Å². The molecule has 1 aromatic heterocycles. The van der Waals surface area contributed by atoms with Crippen LogP contribution in [0.4, 0.5) is 4.39 Å². The first kappa shape index (κ1) is 13.5. The second-order valence-electron chi connectivity index (χ2n) is 4.22. The minimum absolute atomic E-state index is 0.238. The maximum Gasteiger partial charge on any atom is 0.133 e. The average molecular weight is 261 g/mol. The van der Waals surface area contributed by atoms with Gasteiger partial charge in [-0.05, 0) is 35.7 Å². The molecule has 4 heteroatoms. The van der Waals surface area contributed by atoms with Crippen molar-refractivity contribution < 1.29 is 14.2 Å². The van der Waals surface area contributed by atoms with Crippen molar-refractivity contribution in [2.24, 2.45) is 0 Å². The van der Waals surface area contributed by atoms with Crippen molar-refractivity contribution in [1.29, 1.82) is 0 Å². The molecule has 1 aromatic carbocycles. The van der Waals surface area contributed by atoms with Crippen LogP contribution in [0.3, 0.4) is 0 Å². The summed E-state index contributed by atoms with van der Waals surface area (Å²) in [5.41, 5.74) is 1.83. The van der Waals surface area contributed by atoms with E-state index in [9.17, 15) is 9.50 Å². The monoisotopic (exact) mass is 261 g/mol. The Bertz CT molecular complexity index is 572. The van der Waals surface area contributed by atoms with E-state index in [0.29, 0.717) is 11.3 Å². The molecule has 0 spiro atoms. The van der Waals surface area contributed by atoms with Crippen LogP contribution in [0.15, 0.2) is 36.7 Å². The molecule has 0 fully saturated rings. The van der Waals surface area contributed by atoms with E-state index in [1.54, 1.807) is 30.6 Å². The van der Waals surface area contributed by atoms with Gasteiger partial charge in [0.2, 0.25) is 0 Å². The predicted molar refractivity (Wildman–Crippen MR) is 70.6 cm³/mol. The van der Waals surface area contributed by atoms with Crippen molar-refractivity contribution in [3.8, 4) is 5.75 Å². The van der Waals surface area contributed by atoms with Gasteiger partial charge in [0.25, 0.3) is 0 Å². The number of benzene rings is 1. The molecule has 2 rings (SSSR count). The molecule has 19 heavy (non-hydrogen) atoms. The smallest absolute Gasteiger partial charge is 0.133 e. The molecule has 3 nitrogen and oxygen atoms in total. The third-order valence-corrected chi connectivity index (χ3v) is 3.12. The van der Waals surface area contributed by atoms with Crippen LogP contribution in [0, 0.1) is 5.82 Å². The quantitative estimate of drug-likeness (QED) is 0.920. The highest BCUT2D eigenvalue weighted by molar-refractivity contribution is 5.37. The zero-order chi connectivity index (χ0) is 13.8. The molecule has 2 aromatic rings. The van der Waals surface area contributed by atoms with Crippen LogP contribution in [-0.2, 0) is 6.42 Å². The van der Waals surface area contributed by atoms with Gasteiger partial charge < -0.3 is 9.84 Å². The lowest BCUT2D eigenvalue weighted by atomic mass is 9.97. The van der Waals surface area contributed by atoms with Crippen LogP contribution in [0.5, 0.6) is 5.75 Å². The number of halogens is 1. The predicted octanol–water partition coefficient (Wildman–Crippen LogP) is 2.87. The second-order valence-corrected chi connectivity index (χ2v) is 4.22. The van der Waals surface area contributed by atoms with E-state index in [1.807, 2.05) is 6.92 Å². The molecule has 0 aliphatic heterocycles. The number of nitrogens with zero attached hydrogens (tertiary/aromatic N) is 1. The van der Waals surface area contributed by atoms with Crippen molar-refractivity contribution in [2.75, 3.05) is 7.11 Å². The van der Waals surface area contributed by atoms with E-state index in [-0.39, 0.29) is 5.56 Å². The maximum atomic E-state index is 14.0. The Morgan fingerprint density at radius 3 is 2.74 bits per heavy atom. The van der Waals surface area contributed by atoms with Crippen LogP contribution in [0.1, 0.15) is 29.7 Å². The molecule has 0 aliphatic carbocycles. The number of ether oxygens (including phenoxy) is 1. The van der Waals surface area contributed by atoms with Crippen molar-refractivity contribution in [1.82, 2.24) is 4.98 Å². The van der Waals surface area contributed by atoms with Gasteiger partial charge in [0.15, 0.2) is 0 Å². The highest BCUT2D eigenvalue weighted by Crippen LogP contribution is 2.28. The Hall–Kier alpha value is -1.94. The molecule has 0 bridgehead atoms. The van der Waals surface area contributed by atoms with Crippen LogP contribution >= 0.6 is 0 Å². The van der Waals surface area contributed by atoms with Gasteiger partial charge in [-0.1, -0.05) is 6.92 Å². The Kier molecular flexibility index (Phi) is 4.12. The number of aryl methyl sites for hydroxylation is 1. The summed E-state index contributed by atoms with van der Waals surface area (Å²) < 4.78 is 18.9. The minimum atomic E-state index is -0.996. The van der Waals surface area contributed by atoms with Crippen LogP contribution in [-0.4, -0.2) is 17.2 Å². The lowest BCUT2D eigenvalue weighted by Gasteiger charge is -2.16. The summed E-state index contributed by atoms with van der Waals surface area (Å²) in [6.45, 7) is 1.97. The Labute approximate surface area is 111 Å². The summed E-state index contributed by atoms with van der Waals surface area (Å²) in [6.07, 6.45) is 3.03. The fraction of sp³-hybridized carbons (Fsp3) is 0.267. The molecule has 1 unspecified atom stereocenters. The van der Waals surface area contributed by atoms with Crippen molar-refractivity contribution in [2.45, 2.75) is 19.4 Å². The van der Waals surface area contributed by atoms with Gasteiger partial charge in [-0.15, -0.1) is 0 Å². The van der Waals surface area contributed by atoms with E-state index >= 15 is 0 Å². The van der Waals surface area contributed by atoms with Gasteiger partial charge in [0.1, 0.15) is 17.7 Å². The number of hydrogen-bond donors (Lipinski definition) is 1. The Morgan fingerprint density at radius 2 is 2.11 bits per heavy atom. The molecule has 0 radical (unpaired) electrons. The number of rotatable bonds is 4. The van der Waals surface area contributed by atoms with Crippen LogP contribution in [0.2, 0.25) is 0 Å². The van der Waals surface area contributed by atoms with E-state index < -0.39 is 11.9 Å². The molecule has 1 heterocycles. The first-order valence-electron chi connectivity index (χ1n) is 6.11. The summed E-state index contributed by atoms with van der Waals surface area (Å²) in [4.78, 5) is 4.02. The third-order valence-electron chi connectivity index (χ3n) is 3.12. The van der Waals surface area contributed by atoms with Gasteiger partial charge in [-0.2, -0.15) is 0 Å². The highest BCUT2D eigenvalue weighted by Gasteiger charge is 2.18. The first-order chi connectivity index (χ1) is 9.17. The summed E-state index contributed by atoms with van der Waals surface area (Å²) >= 11 is 0. The van der Waals surface area contributed by atoms with Gasteiger partial charge in [-0.25, -0.2) is 4.39 Å². The fourth-order valence-corrected chi connectivity index (χ4v) is 2.02. The van der Waals surface area contributed by atoms with Gasteiger partial charge in [0.05, 0.1) is 7.11 Å². The molecule has 0 saturated carbocycles. The van der Waals surface area contributed by atoms with Gasteiger partial charge in [0, 0.05) is 24.0 Å². The third kappa shape index (κ3) is 2.74. The Morgan fingerprint density at radius 1 is 1.32 bits per heavy atom. The van der Waals surface area contributed by atoms with Crippen LogP contribution in [0.25, 0.3) is 0 Å². The van der Waals surface area contributed by atoms with E-state index in [4.69, 9.17) is 4.74 Å². The maximum absolute atomic E-state index is 14.0. The lowest BCUT2D eigenvalue weighted by Crippen LogP contribution is -2.06. The van der Waals surface area contributed by atoms with E-state index in [0.717, 1.165) is 12.0 Å².